The molecule has 2 aromatic rings. The van der Waals surface area contributed by atoms with Crippen molar-refractivity contribution < 1.29 is 4.74 Å². The highest BCUT2D eigenvalue weighted by molar-refractivity contribution is 5.77. The van der Waals surface area contributed by atoms with E-state index in [4.69, 9.17) is 10.5 Å². The van der Waals surface area contributed by atoms with Crippen LogP contribution in [0.5, 0.6) is 5.75 Å². The van der Waals surface area contributed by atoms with Gasteiger partial charge in [-0.1, -0.05) is 0 Å². The van der Waals surface area contributed by atoms with Crippen molar-refractivity contribution >= 4 is 11.0 Å². The molecule has 104 valence electrons. The van der Waals surface area contributed by atoms with Gasteiger partial charge in [0.25, 0.3) is 0 Å². The molecule has 0 aliphatic heterocycles. The lowest BCUT2D eigenvalue weighted by Gasteiger charge is -2.12. The Morgan fingerprint density at radius 2 is 2.16 bits per heavy atom. The number of rotatable bonds is 6. The number of fused-ring (bicyclic) bond motifs is 1. The van der Waals surface area contributed by atoms with Crippen LogP contribution >= 0.6 is 0 Å². The summed E-state index contributed by atoms with van der Waals surface area (Å²) in [7, 11) is 4.13. The minimum atomic E-state index is 0.450. The molecule has 1 heterocycles. The maximum Gasteiger partial charge on any atom is 0.123 e. The molecule has 5 nitrogen and oxygen atoms in total. The van der Waals surface area contributed by atoms with Crippen LogP contribution in [0.15, 0.2) is 18.2 Å². The van der Waals surface area contributed by atoms with Gasteiger partial charge in [0, 0.05) is 19.2 Å². The smallest absolute Gasteiger partial charge is 0.123 e. The van der Waals surface area contributed by atoms with E-state index in [2.05, 4.69) is 34.6 Å². The Kier molecular flexibility index (Phi) is 4.39. The van der Waals surface area contributed by atoms with E-state index < -0.39 is 0 Å². The Bertz CT molecular complexity index is 548. The fourth-order valence-corrected chi connectivity index (χ4v) is 2.12. The molecule has 0 fully saturated rings. The predicted molar refractivity (Wildman–Crippen MR) is 77.3 cm³/mol. The standard InChI is InChI=1S/C14H22N4O/c1-4-19-11-5-6-13-12(9-11)16-14(10-15)18(13)8-7-17(2)3/h5-6,9H,4,7-8,10,15H2,1-3H3. The number of ether oxygens (including phenoxy) is 1. The Balaban J connectivity index is 2.37. The molecular weight excluding hydrogens is 240 g/mol. The summed E-state index contributed by atoms with van der Waals surface area (Å²) in [6, 6.07) is 6.02. The van der Waals surface area contributed by atoms with Gasteiger partial charge < -0.3 is 19.9 Å². The number of hydrogen-bond donors (Lipinski definition) is 1. The van der Waals surface area contributed by atoms with Gasteiger partial charge in [-0.3, -0.25) is 0 Å². The molecule has 0 saturated heterocycles. The van der Waals surface area contributed by atoms with E-state index in [1.807, 2.05) is 19.1 Å². The third-order valence-corrected chi connectivity index (χ3v) is 3.06. The Labute approximate surface area is 114 Å². The van der Waals surface area contributed by atoms with Gasteiger partial charge in [0.1, 0.15) is 11.6 Å². The average molecular weight is 262 g/mol. The van der Waals surface area contributed by atoms with E-state index in [0.29, 0.717) is 13.2 Å². The second-order valence-corrected chi connectivity index (χ2v) is 4.77. The van der Waals surface area contributed by atoms with Crippen LogP contribution in [-0.2, 0) is 13.1 Å². The van der Waals surface area contributed by atoms with Gasteiger partial charge in [0.05, 0.1) is 24.2 Å². The summed E-state index contributed by atoms with van der Waals surface area (Å²) in [5, 5.41) is 0. The van der Waals surface area contributed by atoms with Gasteiger partial charge in [-0.05, 0) is 33.2 Å². The molecule has 2 rings (SSSR count). The quantitative estimate of drug-likeness (QED) is 0.856. The monoisotopic (exact) mass is 262 g/mol. The summed E-state index contributed by atoms with van der Waals surface area (Å²) in [4.78, 5) is 6.74. The zero-order valence-corrected chi connectivity index (χ0v) is 11.9. The van der Waals surface area contributed by atoms with Crippen LogP contribution in [0.3, 0.4) is 0 Å². The van der Waals surface area contributed by atoms with Gasteiger partial charge in [0.2, 0.25) is 0 Å². The molecule has 1 aromatic carbocycles. The molecule has 0 unspecified atom stereocenters. The highest BCUT2D eigenvalue weighted by Crippen LogP contribution is 2.22. The molecule has 0 aliphatic rings. The van der Waals surface area contributed by atoms with Crippen LogP contribution in [0.4, 0.5) is 0 Å². The van der Waals surface area contributed by atoms with E-state index in [9.17, 15) is 0 Å². The molecule has 0 aliphatic carbocycles. The number of benzene rings is 1. The lowest BCUT2D eigenvalue weighted by Crippen LogP contribution is -2.20. The first-order chi connectivity index (χ1) is 9.15. The maximum absolute atomic E-state index is 5.79. The fourth-order valence-electron chi connectivity index (χ4n) is 2.12. The molecule has 0 atom stereocenters. The van der Waals surface area contributed by atoms with E-state index >= 15 is 0 Å². The zero-order chi connectivity index (χ0) is 13.8. The van der Waals surface area contributed by atoms with Crippen LogP contribution in [0.25, 0.3) is 11.0 Å². The van der Waals surface area contributed by atoms with Crippen molar-refractivity contribution in [2.45, 2.75) is 20.0 Å². The largest absolute Gasteiger partial charge is 0.494 e. The summed E-state index contributed by atoms with van der Waals surface area (Å²) < 4.78 is 7.69. The van der Waals surface area contributed by atoms with E-state index in [0.717, 1.165) is 35.7 Å². The first kappa shape index (κ1) is 13.8. The van der Waals surface area contributed by atoms with Gasteiger partial charge in [-0.25, -0.2) is 4.98 Å². The van der Waals surface area contributed by atoms with Crippen molar-refractivity contribution in [3.8, 4) is 5.75 Å². The molecule has 19 heavy (non-hydrogen) atoms. The van der Waals surface area contributed by atoms with E-state index in [1.54, 1.807) is 0 Å². The molecule has 0 saturated carbocycles. The van der Waals surface area contributed by atoms with E-state index in [1.165, 1.54) is 0 Å². The van der Waals surface area contributed by atoms with Crippen LogP contribution in [-0.4, -0.2) is 41.7 Å². The lowest BCUT2D eigenvalue weighted by atomic mass is 10.3. The first-order valence-corrected chi connectivity index (χ1v) is 6.62. The van der Waals surface area contributed by atoms with Gasteiger partial charge in [0.15, 0.2) is 0 Å². The topological polar surface area (TPSA) is 56.3 Å². The number of hydrogen-bond acceptors (Lipinski definition) is 4. The number of aromatic nitrogens is 2. The van der Waals surface area contributed by atoms with Crippen LogP contribution in [0.1, 0.15) is 12.7 Å². The number of nitrogens with two attached hydrogens (primary N) is 1. The van der Waals surface area contributed by atoms with Crippen molar-refractivity contribution in [3.63, 3.8) is 0 Å². The average Bonchev–Trinajstić information content (AvgIpc) is 2.73. The van der Waals surface area contributed by atoms with Gasteiger partial charge >= 0.3 is 0 Å². The second kappa shape index (κ2) is 6.04. The Hall–Kier alpha value is -1.59. The van der Waals surface area contributed by atoms with E-state index in [-0.39, 0.29) is 0 Å². The fraction of sp³-hybridized carbons (Fsp3) is 0.500. The SMILES string of the molecule is CCOc1ccc2c(c1)nc(CN)n2CCN(C)C. The summed E-state index contributed by atoms with van der Waals surface area (Å²) >= 11 is 0. The normalized spacial score (nSPS) is 11.4. The van der Waals surface area contributed by atoms with Crippen molar-refractivity contribution in [2.75, 3.05) is 27.2 Å². The van der Waals surface area contributed by atoms with Crippen molar-refractivity contribution in [1.29, 1.82) is 0 Å². The molecule has 5 heteroatoms. The van der Waals surface area contributed by atoms with Crippen LogP contribution in [0, 0.1) is 0 Å². The Morgan fingerprint density at radius 1 is 1.37 bits per heavy atom. The molecule has 2 N–H and O–H groups in total. The van der Waals surface area contributed by atoms with Gasteiger partial charge in [-0.15, -0.1) is 0 Å². The highest BCUT2D eigenvalue weighted by atomic mass is 16.5. The summed E-state index contributed by atoms with van der Waals surface area (Å²) in [5.41, 5.74) is 7.86. The first-order valence-electron chi connectivity index (χ1n) is 6.62. The summed E-state index contributed by atoms with van der Waals surface area (Å²) in [6.45, 7) is 4.95. The van der Waals surface area contributed by atoms with Gasteiger partial charge in [-0.2, -0.15) is 0 Å². The Morgan fingerprint density at radius 3 is 2.79 bits per heavy atom. The maximum atomic E-state index is 5.79. The third kappa shape index (κ3) is 3.05. The molecule has 0 amide bonds. The number of likely N-dealkylation sites (N-methyl/N-ethyl adjacent to an activating group) is 1. The summed E-state index contributed by atoms with van der Waals surface area (Å²) in [6.07, 6.45) is 0. The predicted octanol–water partition coefficient (Wildman–Crippen LogP) is 1.46. The summed E-state index contributed by atoms with van der Waals surface area (Å²) in [5.74, 6) is 1.78. The molecular formula is C14H22N4O. The van der Waals surface area contributed by atoms with Crippen LogP contribution < -0.4 is 10.5 Å². The number of nitrogens with zero attached hydrogens (tertiary/aromatic N) is 3. The molecule has 0 radical (unpaired) electrons. The highest BCUT2D eigenvalue weighted by Gasteiger charge is 2.10. The molecule has 0 spiro atoms. The zero-order valence-electron chi connectivity index (χ0n) is 11.9. The second-order valence-electron chi connectivity index (χ2n) is 4.77. The van der Waals surface area contributed by atoms with Crippen molar-refractivity contribution in [1.82, 2.24) is 14.5 Å². The van der Waals surface area contributed by atoms with Crippen molar-refractivity contribution in [2.24, 2.45) is 5.73 Å². The minimum absolute atomic E-state index is 0.450. The minimum Gasteiger partial charge on any atom is -0.494 e. The third-order valence-electron chi connectivity index (χ3n) is 3.06. The van der Waals surface area contributed by atoms with Crippen LogP contribution in [0.2, 0.25) is 0 Å². The molecule has 0 bridgehead atoms. The number of imidazole rings is 1. The lowest BCUT2D eigenvalue weighted by molar-refractivity contribution is 0.340. The molecule has 1 aromatic heterocycles. The van der Waals surface area contributed by atoms with Crippen molar-refractivity contribution in [3.05, 3.63) is 24.0 Å².